The van der Waals surface area contributed by atoms with Crippen LogP contribution in [0.2, 0.25) is 0 Å². The third-order valence-electron chi connectivity index (χ3n) is 3.43. The van der Waals surface area contributed by atoms with E-state index >= 15 is 0 Å². The fourth-order valence-corrected chi connectivity index (χ4v) is 1.96. The fraction of sp³-hybridized carbons (Fsp3) is 0.500. The van der Waals surface area contributed by atoms with E-state index < -0.39 is 4.92 Å². The van der Waals surface area contributed by atoms with Gasteiger partial charge in [-0.2, -0.15) is 0 Å². The molecule has 0 atom stereocenters. The van der Waals surface area contributed by atoms with E-state index in [0.29, 0.717) is 23.7 Å². The minimum atomic E-state index is -0.503. The van der Waals surface area contributed by atoms with E-state index in [9.17, 15) is 14.9 Å². The number of nitro groups is 1. The molecule has 20 heavy (non-hydrogen) atoms. The number of carbonyl (C=O) groups is 1. The molecular weight excluding hydrogens is 258 g/mol. The molecule has 0 aliphatic rings. The van der Waals surface area contributed by atoms with E-state index in [4.69, 9.17) is 0 Å². The fourth-order valence-electron chi connectivity index (χ4n) is 1.96. The van der Waals surface area contributed by atoms with Gasteiger partial charge in [0.15, 0.2) is 0 Å². The summed E-state index contributed by atoms with van der Waals surface area (Å²) in [5.74, 6) is 0.139. The van der Waals surface area contributed by atoms with Crippen molar-refractivity contribution in [2.24, 2.45) is 5.92 Å². The summed E-state index contributed by atoms with van der Waals surface area (Å²) in [5.41, 5.74) is 0.794. The zero-order chi connectivity index (χ0) is 15.1. The van der Waals surface area contributed by atoms with Crippen molar-refractivity contribution >= 4 is 17.3 Å². The van der Waals surface area contributed by atoms with Gasteiger partial charge in [0.2, 0.25) is 0 Å². The van der Waals surface area contributed by atoms with Crippen molar-refractivity contribution in [2.45, 2.75) is 26.7 Å². The van der Waals surface area contributed by atoms with Crippen LogP contribution in [0.1, 0.15) is 37.0 Å². The predicted molar refractivity (Wildman–Crippen MR) is 79.0 cm³/mol. The highest BCUT2D eigenvalue weighted by Crippen LogP contribution is 2.21. The Bertz CT molecular complexity index is 485. The molecule has 0 aromatic heterocycles. The third-order valence-corrected chi connectivity index (χ3v) is 3.43. The standard InChI is InChI=1S/C14H21N3O3/c1-4-10(5-2)9-16-14(18)12-8-11(17(19)20)6-7-13(12)15-3/h6-8,10,15H,4-5,9H2,1-3H3,(H,16,18). The number of hydrogen-bond donors (Lipinski definition) is 2. The van der Waals surface area contributed by atoms with Gasteiger partial charge in [0, 0.05) is 31.4 Å². The van der Waals surface area contributed by atoms with Crippen LogP contribution in [0.5, 0.6) is 0 Å². The number of anilines is 1. The summed E-state index contributed by atoms with van der Waals surface area (Å²) in [6.45, 7) is 4.73. The van der Waals surface area contributed by atoms with E-state index in [1.54, 1.807) is 13.1 Å². The smallest absolute Gasteiger partial charge is 0.270 e. The average molecular weight is 279 g/mol. The number of nitrogens with one attached hydrogen (secondary N) is 2. The lowest BCUT2D eigenvalue weighted by atomic mass is 10.0. The maximum atomic E-state index is 12.2. The number of amides is 1. The molecular formula is C14H21N3O3. The minimum absolute atomic E-state index is 0.0864. The summed E-state index contributed by atoms with van der Waals surface area (Å²) in [5, 5.41) is 16.5. The zero-order valence-electron chi connectivity index (χ0n) is 12.1. The largest absolute Gasteiger partial charge is 0.387 e. The number of carbonyl (C=O) groups excluding carboxylic acids is 1. The molecule has 0 saturated carbocycles. The summed E-state index contributed by atoms with van der Waals surface area (Å²) in [7, 11) is 1.68. The number of nitro benzene ring substituents is 1. The predicted octanol–water partition coefficient (Wildman–Crippen LogP) is 2.80. The van der Waals surface area contributed by atoms with Crippen LogP contribution in [0, 0.1) is 16.0 Å². The number of nitrogens with zero attached hydrogens (tertiary/aromatic N) is 1. The summed E-state index contributed by atoms with van der Waals surface area (Å²) in [6, 6.07) is 4.22. The zero-order valence-corrected chi connectivity index (χ0v) is 12.1. The van der Waals surface area contributed by atoms with Crippen LogP contribution in [-0.2, 0) is 0 Å². The number of rotatable bonds is 7. The quantitative estimate of drug-likeness (QED) is 0.593. The molecule has 0 radical (unpaired) electrons. The molecule has 0 aliphatic heterocycles. The van der Waals surface area contributed by atoms with Crippen molar-refractivity contribution in [3.8, 4) is 0 Å². The van der Waals surface area contributed by atoms with Gasteiger partial charge in [-0.3, -0.25) is 14.9 Å². The molecule has 1 aromatic carbocycles. The Labute approximate surface area is 118 Å². The molecule has 0 aliphatic carbocycles. The lowest BCUT2D eigenvalue weighted by molar-refractivity contribution is -0.384. The number of benzene rings is 1. The maximum absolute atomic E-state index is 12.2. The molecule has 0 fully saturated rings. The molecule has 6 nitrogen and oxygen atoms in total. The van der Waals surface area contributed by atoms with Crippen molar-refractivity contribution in [3.63, 3.8) is 0 Å². The second kappa shape index (κ2) is 7.47. The molecule has 0 unspecified atom stereocenters. The van der Waals surface area contributed by atoms with E-state index in [1.807, 2.05) is 0 Å². The van der Waals surface area contributed by atoms with Crippen molar-refractivity contribution in [3.05, 3.63) is 33.9 Å². The van der Waals surface area contributed by atoms with Gasteiger partial charge in [-0.15, -0.1) is 0 Å². The van der Waals surface area contributed by atoms with Crippen LogP contribution < -0.4 is 10.6 Å². The number of hydrogen-bond acceptors (Lipinski definition) is 4. The van der Waals surface area contributed by atoms with E-state index in [1.165, 1.54) is 12.1 Å². The Morgan fingerprint density at radius 1 is 1.35 bits per heavy atom. The Morgan fingerprint density at radius 3 is 2.50 bits per heavy atom. The molecule has 110 valence electrons. The lowest BCUT2D eigenvalue weighted by Crippen LogP contribution is -2.29. The van der Waals surface area contributed by atoms with Crippen molar-refractivity contribution in [1.82, 2.24) is 5.32 Å². The lowest BCUT2D eigenvalue weighted by Gasteiger charge is -2.14. The first kappa shape index (κ1) is 15.9. The molecule has 1 rings (SSSR count). The Morgan fingerprint density at radius 2 is 2.00 bits per heavy atom. The van der Waals surface area contributed by atoms with Gasteiger partial charge in [-0.25, -0.2) is 0 Å². The average Bonchev–Trinajstić information content (AvgIpc) is 2.47. The van der Waals surface area contributed by atoms with Gasteiger partial charge in [0.1, 0.15) is 0 Å². The first-order valence-electron chi connectivity index (χ1n) is 6.77. The van der Waals surface area contributed by atoms with Crippen LogP contribution in [0.3, 0.4) is 0 Å². The molecule has 0 saturated heterocycles. The summed E-state index contributed by atoms with van der Waals surface area (Å²) in [6.07, 6.45) is 1.98. The minimum Gasteiger partial charge on any atom is -0.387 e. The van der Waals surface area contributed by atoms with Gasteiger partial charge >= 0.3 is 0 Å². The second-order valence-electron chi connectivity index (χ2n) is 4.63. The summed E-state index contributed by atoms with van der Waals surface area (Å²) in [4.78, 5) is 22.4. The molecule has 1 amide bonds. The first-order chi connectivity index (χ1) is 9.53. The van der Waals surface area contributed by atoms with Crippen molar-refractivity contribution in [1.29, 1.82) is 0 Å². The molecule has 0 spiro atoms. The Hall–Kier alpha value is -2.11. The topological polar surface area (TPSA) is 84.3 Å². The highest BCUT2D eigenvalue weighted by atomic mass is 16.6. The van der Waals surface area contributed by atoms with E-state index in [2.05, 4.69) is 24.5 Å². The molecule has 6 heteroatoms. The van der Waals surface area contributed by atoms with Crippen molar-refractivity contribution in [2.75, 3.05) is 18.9 Å². The monoisotopic (exact) mass is 279 g/mol. The molecule has 0 bridgehead atoms. The van der Waals surface area contributed by atoms with Gasteiger partial charge in [0.25, 0.3) is 11.6 Å². The molecule has 0 heterocycles. The van der Waals surface area contributed by atoms with Gasteiger partial charge < -0.3 is 10.6 Å². The van der Waals surface area contributed by atoms with E-state index in [-0.39, 0.29) is 11.6 Å². The highest BCUT2D eigenvalue weighted by molar-refractivity contribution is 6.00. The van der Waals surface area contributed by atoms with Crippen molar-refractivity contribution < 1.29 is 9.72 Å². The molecule has 2 N–H and O–H groups in total. The first-order valence-corrected chi connectivity index (χ1v) is 6.77. The normalized spacial score (nSPS) is 10.4. The van der Waals surface area contributed by atoms with Crippen LogP contribution >= 0.6 is 0 Å². The Kier molecular flexibility index (Phi) is 5.96. The third kappa shape index (κ3) is 3.94. The number of non-ortho nitro benzene ring substituents is 1. The van der Waals surface area contributed by atoms with Gasteiger partial charge in [-0.1, -0.05) is 26.7 Å². The van der Waals surface area contributed by atoms with Crippen LogP contribution in [0.4, 0.5) is 11.4 Å². The van der Waals surface area contributed by atoms with Crippen LogP contribution in [0.15, 0.2) is 18.2 Å². The van der Waals surface area contributed by atoms with Gasteiger partial charge in [-0.05, 0) is 12.0 Å². The highest BCUT2D eigenvalue weighted by Gasteiger charge is 2.16. The van der Waals surface area contributed by atoms with E-state index in [0.717, 1.165) is 12.8 Å². The Balaban J connectivity index is 2.90. The van der Waals surface area contributed by atoms with Crippen LogP contribution in [-0.4, -0.2) is 24.4 Å². The van der Waals surface area contributed by atoms with Crippen LogP contribution in [0.25, 0.3) is 0 Å². The van der Waals surface area contributed by atoms with Gasteiger partial charge in [0.05, 0.1) is 10.5 Å². The summed E-state index contributed by atoms with van der Waals surface area (Å²) < 4.78 is 0. The molecule has 1 aromatic rings. The summed E-state index contributed by atoms with van der Waals surface area (Å²) >= 11 is 0. The second-order valence-corrected chi connectivity index (χ2v) is 4.63. The maximum Gasteiger partial charge on any atom is 0.270 e. The SMILES string of the molecule is CCC(CC)CNC(=O)c1cc([N+](=O)[O-])ccc1NC.